The van der Waals surface area contributed by atoms with Crippen molar-refractivity contribution in [3.63, 3.8) is 0 Å². The van der Waals surface area contributed by atoms with Crippen LogP contribution >= 0.6 is 0 Å². The van der Waals surface area contributed by atoms with Crippen molar-refractivity contribution in [3.05, 3.63) is 35.1 Å². The third-order valence-corrected chi connectivity index (χ3v) is 3.61. The molecule has 0 radical (unpaired) electrons. The van der Waals surface area contributed by atoms with Crippen LogP contribution in [0.15, 0.2) is 23.4 Å². The monoisotopic (exact) mass is 295 g/mol. The first kappa shape index (κ1) is 17.4. The molecular weight excluding hydrogens is 269 g/mol. The van der Waals surface area contributed by atoms with E-state index in [9.17, 15) is 4.39 Å². The summed E-state index contributed by atoms with van der Waals surface area (Å²) in [6, 6.07) is 5.34. The zero-order valence-electron chi connectivity index (χ0n) is 13.1. The second-order valence-corrected chi connectivity index (χ2v) is 5.54. The minimum Gasteiger partial charge on any atom is -0.409 e. The van der Waals surface area contributed by atoms with Gasteiger partial charge in [0, 0.05) is 18.2 Å². The van der Waals surface area contributed by atoms with Crippen LogP contribution in [0.1, 0.15) is 51.2 Å². The molecule has 1 aromatic rings. The molecule has 0 spiro atoms. The van der Waals surface area contributed by atoms with Gasteiger partial charge in [0.1, 0.15) is 5.82 Å². The van der Waals surface area contributed by atoms with E-state index in [1.165, 1.54) is 18.9 Å². The van der Waals surface area contributed by atoms with Gasteiger partial charge in [0.05, 0.1) is 5.56 Å². The van der Waals surface area contributed by atoms with Crippen molar-refractivity contribution in [2.24, 2.45) is 10.9 Å². The fourth-order valence-electron chi connectivity index (χ4n) is 2.26. The van der Waals surface area contributed by atoms with Crippen molar-refractivity contribution in [3.8, 4) is 0 Å². The van der Waals surface area contributed by atoms with Crippen LogP contribution in [0.4, 0.5) is 4.39 Å². The van der Waals surface area contributed by atoms with Crippen LogP contribution in [0, 0.1) is 5.82 Å². The van der Waals surface area contributed by atoms with E-state index in [1.54, 1.807) is 12.1 Å². The molecular formula is C16H26FN3O. The Bertz CT molecular complexity index is 475. The lowest BCUT2D eigenvalue weighted by Crippen LogP contribution is -2.32. The zero-order chi connectivity index (χ0) is 15.8. The maximum Gasteiger partial charge on any atom is 0.173 e. The molecule has 0 bridgehead atoms. The largest absolute Gasteiger partial charge is 0.409 e. The lowest BCUT2D eigenvalue weighted by atomic mass is 10.1. The van der Waals surface area contributed by atoms with E-state index in [1.807, 2.05) is 0 Å². The molecule has 0 aliphatic heterocycles. The SMILES string of the molecule is CCCCCN(Cc1cccc(/C(N)=N/O)c1F)C(C)C. The van der Waals surface area contributed by atoms with Crippen LogP contribution in [-0.2, 0) is 6.54 Å². The fourth-order valence-corrected chi connectivity index (χ4v) is 2.26. The lowest BCUT2D eigenvalue weighted by Gasteiger charge is -2.27. The van der Waals surface area contributed by atoms with Crippen molar-refractivity contribution in [2.45, 2.75) is 52.6 Å². The van der Waals surface area contributed by atoms with Crippen LogP contribution in [-0.4, -0.2) is 28.5 Å². The summed E-state index contributed by atoms with van der Waals surface area (Å²) >= 11 is 0. The summed E-state index contributed by atoms with van der Waals surface area (Å²) in [5, 5.41) is 11.6. The molecule has 5 heteroatoms. The highest BCUT2D eigenvalue weighted by Crippen LogP contribution is 2.17. The van der Waals surface area contributed by atoms with E-state index < -0.39 is 5.82 Å². The Labute approximate surface area is 126 Å². The van der Waals surface area contributed by atoms with Crippen LogP contribution < -0.4 is 5.73 Å². The van der Waals surface area contributed by atoms with Gasteiger partial charge in [-0.05, 0) is 32.9 Å². The Morgan fingerprint density at radius 3 is 2.67 bits per heavy atom. The molecule has 0 atom stereocenters. The molecule has 3 N–H and O–H groups in total. The smallest absolute Gasteiger partial charge is 0.173 e. The second-order valence-electron chi connectivity index (χ2n) is 5.54. The molecule has 4 nitrogen and oxygen atoms in total. The minimum atomic E-state index is -0.408. The zero-order valence-corrected chi connectivity index (χ0v) is 13.1. The van der Waals surface area contributed by atoms with Crippen LogP contribution in [0.3, 0.4) is 0 Å². The molecule has 0 aromatic heterocycles. The number of nitrogens with zero attached hydrogens (tertiary/aromatic N) is 2. The molecule has 0 amide bonds. The third kappa shape index (κ3) is 5.01. The summed E-state index contributed by atoms with van der Waals surface area (Å²) in [6.07, 6.45) is 3.45. The van der Waals surface area contributed by atoms with E-state index in [0.717, 1.165) is 13.0 Å². The minimum absolute atomic E-state index is 0.146. The Balaban J connectivity index is 2.89. The van der Waals surface area contributed by atoms with E-state index >= 15 is 0 Å². The summed E-state index contributed by atoms with van der Waals surface area (Å²) in [4.78, 5) is 2.24. The number of oxime groups is 1. The average Bonchev–Trinajstić information content (AvgIpc) is 2.47. The normalized spacial score (nSPS) is 12.4. The highest BCUT2D eigenvalue weighted by molar-refractivity contribution is 5.97. The molecule has 0 saturated carbocycles. The van der Waals surface area contributed by atoms with Gasteiger partial charge in [-0.1, -0.05) is 37.1 Å². The van der Waals surface area contributed by atoms with Crippen molar-refractivity contribution in [1.82, 2.24) is 4.90 Å². The Kier molecular flexibility index (Phi) is 7.15. The first-order valence-electron chi connectivity index (χ1n) is 7.50. The maximum absolute atomic E-state index is 14.4. The molecule has 0 saturated heterocycles. The molecule has 1 rings (SSSR count). The summed E-state index contributed by atoms with van der Waals surface area (Å²) in [5.41, 5.74) is 6.22. The van der Waals surface area contributed by atoms with Crippen LogP contribution in [0.2, 0.25) is 0 Å². The third-order valence-electron chi connectivity index (χ3n) is 3.61. The first-order chi connectivity index (χ1) is 10.0. The van der Waals surface area contributed by atoms with E-state index in [2.05, 4.69) is 30.8 Å². The second kappa shape index (κ2) is 8.62. The number of hydrogen-bond donors (Lipinski definition) is 2. The van der Waals surface area contributed by atoms with Gasteiger partial charge >= 0.3 is 0 Å². The molecule has 21 heavy (non-hydrogen) atoms. The molecule has 0 unspecified atom stereocenters. The van der Waals surface area contributed by atoms with Gasteiger partial charge in [-0.3, -0.25) is 4.90 Å². The standard InChI is InChI=1S/C16H26FN3O/c1-4-5-6-10-20(12(2)3)11-13-8-7-9-14(15(13)17)16(18)19-21/h7-9,12,21H,4-6,10-11H2,1-3H3,(H2,18,19). The molecule has 1 aromatic carbocycles. The summed E-state index contributed by atoms with van der Waals surface area (Å²) in [6.45, 7) is 7.85. The Morgan fingerprint density at radius 1 is 1.38 bits per heavy atom. The van der Waals surface area contributed by atoms with E-state index in [-0.39, 0.29) is 11.4 Å². The van der Waals surface area contributed by atoms with Gasteiger partial charge < -0.3 is 10.9 Å². The molecule has 0 aliphatic carbocycles. The lowest BCUT2D eigenvalue weighted by molar-refractivity contribution is 0.206. The maximum atomic E-state index is 14.4. The topological polar surface area (TPSA) is 61.8 Å². The summed E-state index contributed by atoms with van der Waals surface area (Å²) in [7, 11) is 0. The van der Waals surface area contributed by atoms with Gasteiger partial charge in [-0.2, -0.15) is 0 Å². The molecule has 0 aliphatic rings. The fraction of sp³-hybridized carbons (Fsp3) is 0.562. The van der Waals surface area contributed by atoms with Gasteiger partial charge in [-0.25, -0.2) is 4.39 Å². The van der Waals surface area contributed by atoms with Gasteiger partial charge in [0.25, 0.3) is 0 Å². The average molecular weight is 295 g/mol. The highest BCUT2D eigenvalue weighted by atomic mass is 19.1. The quantitative estimate of drug-likeness (QED) is 0.254. The van der Waals surface area contributed by atoms with Crippen molar-refractivity contribution >= 4 is 5.84 Å². The van der Waals surface area contributed by atoms with Crippen molar-refractivity contribution in [1.29, 1.82) is 0 Å². The predicted octanol–water partition coefficient (Wildman–Crippen LogP) is 3.32. The van der Waals surface area contributed by atoms with Crippen LogP contribution in [0.5, 0.6) is 0 Å². The van der Waals surface area contributed by atoms with Gasteiger partial charge in [0.2, 0.25) is 0 Å². The summed E-state index contributed by atoms with van der Waals surface area (Å²) in [5.74, 6) is -0.606. The van der Waals surface area contributed by atoms with Gasteiger partial charge in [-0.15, -0.1) is 0 Å². The number of unbranched alkanes of at least 4 members (excludes halogenated alkanes) is 2. The Hall–Kier alpha value is -1.62. The molecule has 118 valence electrons. The number of amidine groups is 1. The van der Waals surface area contributed by atoms with Crippen LogP contribution in [0.25, 0.3) is 0 Å². The van der Waals surface area contributed by atoms with Gasteiger partial charge in [0.15, 0.2) is 5.84 Å². The van der Waals surface area contributed by atoms with Crippen molar-refractivity contribution < 1.29 is 9.60 Å². The predicted molar refractivity (Wildman–Crippen MR) is 84.0 cm³/mol. The number of halogens is 1. The molecule has 0 fully saturated rings. The van der Waals surface area contributed by atoms with E-state index in [4.69, 9.17) is 10.9 Å². The molecule has 0 heterocycles. The summed E-state index contributed by atoms with van der Waals surface area (Å²) < 4.78 is 14.4. The first-order valence-corrected chi connectivity index (χ1v) is 7.50. The van der Waals surface area contributed by atoms with E-state index in [0.29, 0.717) is 18.2 Å². The number of rotatable bonds is 8. The highest BCUT2D eigenvalue weighted by Gasteiger charge is 2.16. The number of benzene rings is 1. The Morgan fingerprint density at radius 2 is 2.10 bits per heavy atom. The van der Waals surface area contributed by atoms with Crippen molar-refractivity contribution in [2.75, 3.05) is 6.54 Å². The number of nitrogens with two attached hydrogens (primary N) is 1. The number of hydrogen-bond acceptors (Lipinski definition) is 3.